The highest BCUT2D eigenvalue weighted by molar-refractivity contribution is 7.93. The molecule has 0 radical (unpaired) electrons. The minimum absolute atomic E-state index is 0.0156. The van der Waals surface area contributed by atoms with Gasteiger partial charge in [-0.3, -0.25) is 14.4 Å². The summed E-state index contributed by atoms with van der Waals surface area (Å²) in [4.78, 5) is 40.3. The highest BCUT2D eigenvalue weighted by Gasteiger charge is 2.55. The molecular formula is C22H21N3O6S2. The number of hydrogen-bond donors (Lipinski definition) is 2. The van der Waals surface area contributed by atoms with E-state index in [4.69, 9.17) is 11.2 Å². The Labute approximate surface area is 195 Å². The zero-order valence-electron chi connectivity index (χ0n) is 17.7. The summed E-state index contributed by atoms with van der Waals surface area (Å²) in [7, 11) is -3.45. The molecule has 3 heterocycles. The molecule has 1 aromatic heterocycles. The lowest BCUT2D eigenvalue weighted by Gasteiger charge is -2.39. The molecule has 11 heteroatoms. The molecule has 0 spiro atoms. The van der Waals surface area contributed by atoms with Crippen LogP contribution in [0.1, 0.15) is 20.1 Å². The van der Waals surface area contributed by atoms with Crippen molar-refractivity contribution in [2.24, 2.45) is 0 Å². The van der Waals surface area contributed by atoms with Crippen LogP contribution in [0.2, 0.25) is 0 Å². The van der Waals surface area contributed by atoms with Gasteiger partial charge in [-0.1, -0.05) is 5.92 Å². The maximum absolute atomic E-state index is 13.1. The Morgan fingerprint density at radius 1 is 1.24 bits per heavy atom. The third-order valence-electron chi connectivity index (χ3n) is 5.42. The SMILES string of the molecule is C#Cc1ccc(C(=O)NC2(C(=O)Nc3ccc(N4CCOCC4=O)c(C)c3)CS(=O)(=O)C2)s1. The number of carbonyl (C=O) groups is 3. The van der Waals surface area contributed by atoms with Crippen LogP contribution in [0.5, 0.6) is 0 Å². The second kappa shape index (κ2) is 8.62. The monoisotopic (exact) mass is 487 g/mol. The fourth-order valence-electron chi connectivity index (χ4n) is 3.84. The maximum atomic E-state index is 13.1. The minimum Gasteiger partial charge on any atom is -0.370 e. The van der Waals surface area contributed by atoms with E-state index in [9.17, 15) is 22.8 Å². The summed E-state index contributed by atoms with van der Waals surface area (Å²) in [5.41, 5.74) is 0.300. The first-order chi connectivity index (χ1) is 15.6. The van der Waals surface area contributed by atoms with Gasteiger partial charge in [0.25, 0.3) is 17.7 Å². The molecule has 2 aliphatic heterocycles. The predicted octanol–water partition coefficient (Wildman–Crippen LogP) is 0.937. The number of thiophene rings is 1. The normalized spacial score (nSPS) is 18.7. The Hall–Kier alpha value is -3.20. The number of benzene rings is 1. The number of aryl methyl sites for hydroxylation is 1. The first kappa shape index (κ1) is 23.0. The van der Waals surface area contributed by atoms with Crippen LogP contribution in [-0.4, -0.2) is 62.9 Å². The number of sulfone groups is 1. The number of amides is 3. The number of carbonyl (C=O) groups excluding carboxylic acids is 3. The van der Waals surface area contributed by atoms with Crippen LogP contribution in [0, 0.1) is 19.3 Å². The molecule has 0 unspecified atom stereocenters. The number of hydrogen-bond acceptors (Lipinski definition) is 7. The molecule has 33 heavy (non-hydrogen) atoms. The Morgan fingerprint density at radius 2 is 2.00 bits per heavy atom. The average molecular weight is 488 g/mol. The molecule has 2 saturated heterocycles. The van der Waals surface area contributed by atoms with E-state index >= 15 is 0 Å². The number of rotatable bonds is 5. The average Bonchev–Trinajstić information content (AvgIpc) is 3.22. The highest BCUT2D eigenvalue weighted by Crippen LogP contribution is 2.29. The fraction of sp³-hybridized carbons (Fsp3) is 0.318. The second-order valence-electron chi connectivity index (χ2n) is 7.93. The van der Waals surface area contributed by atoms with Crippen molar-refractivity contribution < 1.29 is 27.5 Å². The minimum atomic E-state index is -3.45. The number of nitrogens with one attached hydrogen (secondary N) is 2. The van der Waals surface area contributed by atoms with E-state index in [0.29, 0.717) is 29.4 Å². The van der Waals surface area contributed by atoms with Crippen LogP contribution >= 0.6 is 11.3 Å². The smallest absolute Gasteiger partial charge is 0.262 e. The van der Waals surface area contributed by atoms with Crippen molar-refractivity contribution in [1.82, 2.24) is 5.32 Å². The van der Waals surface area contributed by atoms with E-state index in [1.165, 1.54) is 6.07 Å². The molecule has 2 aliphatic rings. The summed E-state index contributed by atoms with van der Waals surface area (Å²) < 4.78 is 29.0. The summed E-state index contributed by atoms with van der Waals surface area (Å²) >= 11 is 1.08. The molecule has 172 valence electrons. The van der Waals surface area contributed by atoms with Crippen molar-refractivity contribution in [2.75, 3.05) is 41.5 Å². The summed E-state index contributed by atoms with van der Waals surface area (Å²) in [6, 6.07) is 8.17. The molecule has 9 nitrogen and oxygen atoms in total. The zero-order chi connectivity index (χ0) is 23.8. The van der Waals surface area contributed by atoms with Gasteiger partial charge in [0.05, 0.1) is 27.9 Å². The van der Waals surface area contributed by atoms with Gasteiger partial charge in [-0.05, 0) is 42.8 Å². The van der Waals surface area contributed by atoms with Crippen LogP contribution in [-0.2, 0) is 24.2 Å². The van der Waals surface area contributed by atoms with E-state index in [-0.39, 0.29) is 17.4 Å². The van der Waals surface area contributed by atoms with Crippen molar-refractivity contribution >= 4 is 50.3 Å². The summed E-state index contributed by atoms with van der Waals surface area (Å²) in [6.07, 6.45) is 5.33. The van der Waals surface area contributed by atoms with Crippen molar-refractivity contribution in [3.8, 4) is 12.3 Å². The summed E-state index contributed by atoms with van der Waals surface area (Å²) in [5.74, 6) is 0.0927. The van der Waals surface area contributed by atoms with Crippen molar-refractivity contribution in [3.63, 3.8) is 0 Å². The van der Waals surface area contributed by atoms with Gasteiger partial charge in [0, 0.05) is 17.9 Å². The van der Waals surface area contributed by atoms with Gasteiger partial charge in [-0.25, -0.2) is 8.42 Å². The molecule has 0 aliphatic carbocycles. The Morgan fingerprint density at radius 3 is 2.61 bits per heavy atom. The fourth-order valence-corrected chi connectivity index (χ4v) is 6.38. The first-order valence-electron chi connectivity index (χ1n) is 10.0. The van der Waals surface area contributed by atoms with Crippen LogP contribution in [0.3, 0.4) is 0 Å². The van der Waals surface area contributed by atoms with Gasteiger partial charge in [0.15, 0.2) is 9.84 Å². The zero-order valence-corrected chi connectivity index (χ0v) is 19.3. The Kier molecular flexibility index (Phi) is 6.00. The Bertz CT molecular complexity index is 1280. The standard InChI is InChI=1S/C22H21N3O6S2/c1-3-16-5-7-18(32-16)20(27)24-22(12-33(29,30)13-22)21(28)23-15-4-6-17(14(2)10-15)25-8-9-31-11-19(25)26/h1,4-7,10H,8-9,11-13H2,2H3,(H,23,28)(H,24,27). The van der Waals surface area contributed by atoms with Gasteiger partial charge < -0.3 is 20.3 Å². The van der Waals surface area contributed by atoms with Crippen LogP contribution < -0.4 is 15.5 Å². The molecule has 4 rings (SSSR count). The molecule has 3 amide bonds. The van der Waals surface area contributed by atoms with Gasteiger partial charge in [0.1, 0.15) is 12.1 Å². The van der Waals surface area contributed by atoms with Gasteiger partial charge in [0.2, 0.25) is 0 Å². The lowest BCUT2D eigenvalue weighted by Crippen LogP contribution is -2.71. The van der Waals surface area contributed by atoms with Crippen LogP contribution in [0.4, 0.5) is 11.4 Å². The number of morpholine rings is 1. The quantitative estimate of drug-likeness (QED) is 0.606. The molecule has 0 bridgehead atoms. The van der Waals surface area contributed by atoms with Crippen molar-refractivity contribution in [3.05, 3.63) is 45.6 Å². The number of anilines is 2. The Balaban J connectivity index is 1.52. The first-order valence-corrected chi connectivity index (χ1v) is 12.7. The number of terminal acetylenes is 1. The van der Waals surface area contributed by atoms with E-state index < -0.39 is 38.7 Å². The van der Waals surface area contributed by atoms with Crippen molar-refractivity contribution in [1.29, 1.82) is 0 Å². The van der Waals surface area contributed by atoms with Gasteiger partial charge >= 0.3 is 0 Å². The molecule has 1 aromatic carbocycles. The molecule has 0 saturated carbocycles. The molecule has 2 N–H and O–H groups in total. The highest BCUT2D eigenvalue weighted by atomic mass is 32.2. The summed E-state index contributed by atoms with van der Waals surface area (Å²) in [5, 5.41) is 5.29. The predicted molar refractivity (Wildman–Crippen MR) is 124 cm³/mol. The number of nitrogens with zero attached hydrogens (tertiary/aromatic N) is 1. The van der Waals surface area contributed by atoms with Gasteiger partial charge in [-0.15, -0.1) is 17.8 Å². The lowest BCUT2D eigenvalue weighted by molar-refractivity contribution is -0.125. The van der Waals surface area contributed by atoms with E-state index in [0.717, 1.165) is 16.9 Å². The third kappa shape index (κ3) is 4.64. The maximum Gasteiger partial charge on any atom is 0.262 e. The van der Waals surface area contributed by atoms with Crippen molar-refractivity contribution in [2.45, 2.75) is 12.5 Å². The van der Waals surface area contributed by atoms with Crippen LogP contribution in [0.15, 0.2) is 30.3 Å². The molecule has 2 aromatic rings. The lowest BCUT2D eigenvalue weighted by atomic mass is 10.0. The van der Waals surface area contributed by atoms with E-state index in [1.54, 1.807) is 36.1 Å². The summed E-state index contributed by atoms with van der Waals surface area (Å²) in [6.45, 7) is 2.69. The molecule has 0 atom stereocenters. The molecular weight excluding hydrogens is 466 g/mol. The third-order valence-corrected chi connectivity index (χ3v) is 8.30. The van der Waals surface area contributed by atoms with Gasteiger partial charge in [-0.2, -0.15) is 0 Å². The van der Waals surface area contributed by atoms with E-state index in [2.05, 4.69) is 16.6 Å². The topological polar surface area (TPSA) is 122 Å². The second-order valence-corrected chi connectivity index (χ2v) is 11.1. The van der Waals surface area contributed by atoms with Crippen LogP contribution in [0.25, 0.3) is 0 Å². The molecule has 2 fully saturated rings. The largest absolute Gasteiger partial charge is 0.370 e. The van der Waals surface area contributed by atoms with E-state index in [1.807, 2.05) is 0 Å². The number of ether oxygens (including phenoxy) is 1.